The van der Waals surface area contributed by atoms with E-state index in [4.69, 9.17) is 15.6 Å². The summed E-state index contributed by atoms with van der Waals surface area (Å²) in [7, 11) is 1.54. The smallest absolute Gasteiger partial charge is 0.311 e. The number of benzene rings is 1. The van der Waals surface area contributed by atoms with Crippen LogP contribution in [0.1, 0.15) is 29.5 Å². The molecule has 0 aliphatic heterocycles. The zero-order chi connectivity index (χ0) is 11.0. The second-order valence-corrected chi connectivity index (χ2v) is 3.70. The molecule has 2 atom stereocenters. The summed E-state index contributed by atoms with van der Waals surface area (Å²) in [5.41, 5.74) is 7.51. The molecule has 2 rings (SSSR count). The van der Waals surface area contributed by atoms with E-state index in [9.17, 15) is 4.79 Å². The highest BCUT2D eigenvalue weighted by Gasteiger charge is 2.35. The molecule has 0 saturated carbocycles. The molecule has 1 aromatic rings. The van der Waals surface area contributed by atoms with Gasteiger partial charge in [0.2, 0.25) is 0 Å². The van der Waals surface area contributed by atoms with E-state index in [0.29, 0.717) is 12.2 Å². The van der Waals surface area contributed by atoms with Gasteiger partial charge in [0.05, 0.1) is 13.0 Å². The predicted molar refractivity (Wildman–Crippen MR) is 54.9 cm³/mol. The summed E-state index contributed by atoms with van der Waals surface area (Å²) in [6.07, 6.45) is 0.449. The minimum Gasteiger partial charge on any atom is -0.496 e. The molecule has 1 aliphatic rings. The Balaban J connectivity index is 2.56. The van der Waals surface area contributed by atoms with Crippen molar-refractivity contribution in [2.45, 2.75) is 18.4 Å². The van der Waals surface area contributed by atoms with Gasteiger partial charge in [-0.15, -0.1) is 0 Å². The van der Waals surface area contributed by atoms with Gasteiger partial charge in [-0.25, -0.2) is 0 Å². The van der Waals surface area contributed by atoms with Crippen LogP contribution >= 0.6 is 0 Å². The molecule has 0 spiro atoms. The Morgan fingerprint density at radius 1 is 1.60 bits per heavy atom. The molecule has 1 aromatic carbocycles. The highest BCUT2D eigenvalue weighted by Crippen LogP contribution is 2.43. The minimum absolute atomic E-state index is 0.198. The molecule has 0 heterocycles. The van der Waals surface area contributed by atoms with Crippen LogP contribution < -0.4 is 10.5 Å². The molecule has 0 saturated heterocycles. The van der Waals surface area contributed by atoms with Crippen molar-refractivity contribution >= 4 is 5.97 Å². The summed E-state index contributed by atoms with van der Waals surface area (Å²) < 4.78 is 5.17. The molecule has 4 nitrogen and oxygen atoms in total. The first-order valence-corrected chi connectivity index (χ1v) is 4.80. The molecule has 80 valence electrons. The number of carboxylic acids is 1. The van der Waals surface area contributed by atoms with E-state index in [0.717, 1.165) is 11.1 Å². The third-order valence-corrected chi connectivity index (χ3v) is 2.86. The summed E-state index contributed by atoms with van der Waals surface area (Å²) in [5.74, 6) is -0.757. The van der Waals surface area contributed by atoms with E-state index in [1.54, 1.807) is 13.2 Å². The Kier molecular flexibility index (Phi) is 2.36. The fraction of sp³-hybridized carbons (Fsp3) is 0.364. The van der Waals surface area contributed by atoms with Gasteiger partial charge in [-0.2, -0.15) is 0 Å². The molecule has 1 aliphatic carbocycles. The van der Waals surface area contributed by atoms with Crippen molar-refractivity contribution < 1.29 is 14.6 Å². The lowest BCUT2D eigenvalue weighted by Gasteiger charge is -2.10. The standard InChI is InChI=1S/C11H13NO3/c1-15-9-4-2-3-6-8(12)5-7(10(6)9)11(13)14/h2-4,7-8H,5,12H2,1H3,(H,13,14). The van der Waals surface area contributed by atoms with Crippen molar-refractivity contribution in [1.29, 1.82) is 0 Å². The van der Waals surface area contributed by atoms with E-state index < -0.39 is 11.9 Å². The topological polar surface area (TPSA) is 72.5 Å². The average molecular weight is 207 g/mol. The maximum atomic E-state index is 11.1. The Hall–Kier alpha value is -1.55. The van der Waals surface area contributed by atoms with Crippen molar-refractivity contribution in [3.63, 3.8) is 0 Å². The van der Waals surface area contributed by atoms with Crippen LogP contribution in [0.4, 0.5) is 0 Å². The van der Waals surface area contributed by atoms with Crippen LogP contribution in [0.5, 0.6) is 5.75 Å². The number of hydrogen-bond donors (Lipinski definition) is 2. The average Bonchev–Trinajstić information content (AvgIpc) is 2.56. The highest BCUT2D eigenvalue weighted by molar-refractivity contribution is 5.79. The number of rotatable bonds is 2. The molecular formula is C11H13NO3. The Labute approximate surface area is 87.7 Å². The van der Waals surface area contributed by atoms with E-state index >= 15 is 0 Å². The molecular weight excluding hydrogens is 194 g/mol. The SMILES string of the molecule is COc1cccc2c1C(C(=O)O)CC2N. The molecule has 0 fully saturated rings. The molecule has 0 aromatic heterocycles. The number of methoxy groups -OCH3 is 1. The second kappa shape index (κ2) is 3.55. The van der Waals surface area contributed by atoms with Crippen molar-refractivity contribution in [2.75, 3.05) is 7.11 Å². The summed E-state index contributed by atoms with van der Waals surface area (Å²) in [6, 6.07) is 5.27. The number of hydrogen-bond acceptors (Lipinski definition) is 3. The maximum absolute atomic E-state index is 11.1. The zero-order valence-electron chi connectivity index (χ0n) is 8.43. The van der Waals surface area contributed by atoms with E-state index in [1.165, 1.54) is 0 Å². The van der Waals surface area contributed by atoms with Gasteiger partial charge >= 0.3 is 5.97 Å². The van der Waals surface area contributed by atoms with Crippen LogP contribution in [0.3, 0.4) is 0 Å². The number of carbonyl (C=O) groups is 1. The van der Waals surface area contributed by atoms with E-state index in [-0.39, 0.29) is 6.04 Å². The molecule has 0 amide bonds. The molecule has 4 heteroatoms. The van der Waals surface area contributed by atoms with Crippen molar-refractivity contribution in [3.05, 3.63) is 29.3 Å². The molecule has 15 heavy (non-hydrogen) atoms. The van der Waals surface area contributed by atoms with Gasteiger partial charge in [-0.3, -0.25) is 4.79 Å². The third kappa shape index (κ3) is 1.47. The van der Waals surface area contributed by atoms with Crippen molar-refractivity contribution in [2.24, 2.45) is 5.73 Å². The largest absolute Gasteiger partial charge is 0.496 e. The first-order chi connectivity index (χ1) is 7.15. The maximum Gasteiger partial charge on any atom is 0.311 e. The van der Waals surface area contributed by atoms with Gasteiger partial charge in [0, 0.05) is 11.6 Å². The molecule has 0 bridgehead atoms. The lowest BCUT2D eigenvalue weighted by atomic mass is 10.0. The number of fused-ring (bicyclic) bond motifs is 1. The van der Waals surface area contributed by atoms with Gasteiger partial charge in [0.25, 0.3) is 0 Å². The molecule has 3 N–H and O–H groups in total. The lowest BCUT2D eigenvalue weighted by Crippen LogP contribution is -2.10. The molecule has 2 unspecified atom stereocenters. The second-order valence-electron chi connectivity index (χ2n) is 3.70. The van der Waals surface area contributed by atoms with Crippen LogP contribution in [0.2, 0.25) is 0 Å². The van der Waals surface area contributed by atoms with Crippen LogP contribution in [-0.2, 0) is 4.79 Å². The minimum atomic E-state index is -0.839. The van der Waals surface area contributed by atoms with Gasteiger partial charge < -0.3 is 15.6 Å². The van der Waals surface area contributed by atoms with Crippen LogP contribution in [0.15, 0.2) is 18.2 Å². The van der Waals surface area contributed by atoms with Gasteiger partial charge in [0.1, 0.15) is 5.75 Å². The third-order valence-electron chi connectivity index (χ3n) is 2.86. The van der Waals surface area contributed by atoms with Gasteiger partial charge in [-0.05, 0) is 18.1 Å². The van der Waals surface area contributed by atoms with E-state index in [1.807, 2.05) is 12.1 Å². The summed E-state index contributed by atoms with van der Waals surface area (Å²) in [5, 5.41) is 9.09. The van der Waals surface area contributed by atoms with Gasteiger partial charge in [0.15, 0.2) is 0 Å². The van der Waals surface area contributed by atoms with E-state index in [2.05, 4.69) is 0 Å². The predicted octanol–water partition coefficient (Wildman–Crippen LogP) is 1.27. The molecule has 0 radical (unpaired) electrons. The van der Waals surface area contributed by atoms with Crippen molar-refractivity contribution in [1.82, 2.24) is 0 Å². The fourth-order valence-corrected chi connectivity index (χ4v) is 2.16. The Bertz CT molecular complexity index is 403. The first kappa shape index (κ1) is 9.98. The lowest BCUT2D eigenvalue weighted by molar-refractivity contribution is -0.138. The Morgan fingerprint density at radius 3 is 2.93 bits per heavy atom. The number of aliphatic carboxylic acids is 1. The fourth-order valence-electron chi connectivity index (χ4n) is 2.16. The van der Waals surface area contributed by atoms with Gasteiger partial charge in [-0.1, -0.05) is 12.1 Å². The first-order valence-electron chi connectivity index (χ1n) is 4.80. The number of nitrogens with two attached hydrogens (primary N) is 1. The number of carboxylic acid groups (broad SMARTS) is 1. The Morgan fingerprint density at radius 2 is 2.33 bits per heavy atom. The van der Waals surface area contributed by atoms with Crippen LogP contribution in [-0.4, -0.2) is 18.2 Å². The highest BCUT2D eigenvalue weighted by atomic mass is 16.5. The zero-order valence-corrected chi connectivity index (χ0v) is 8.43. The summed E-state index contributed by atoms with van der Waals surface area (Å²) in [4.78, 5) is 11.1. The van der Waals surface area contributed by atoms with Crippen LogP contribution in [0.25, 0.3) is 0 Å². The monoisotopic (exact) mass is 207 g/mol. The summed E-state index contributed by atoms with van der Waals surface area (Å²) >= 11 is 0. The van der Waals surface area contributed by atoms with Crippen molar-refractivity contribution in [3.8, 4) is 5.75 Å². The summed E-state index contributed by atoms with van der Waals surface area (Å²) in [6.45, 7) is 0. The number of ether oxygens (including phenoxy) is 1. The quantitative estimate of drug-likeness (QED) is 0.765. The van der Waals surface area contributed by atoms with Crippen LogP contribution in [0, 0.1) is 0 Å². The normalized spacial score (nSPS) is 23.6.